The van der Waals surface area contributed by atoms with Crippen molar-refractivity contribution in [2.24, 2.45) is 11.6 Å². The molecule has 0 rings (SSSR count). The van der Waals surface area contributed by atoms with E-state index in [0.717, 1.165) is 25.7 Å². The fourth-order valence-corrected chi connectivity index (χ4v) is 2.38. The molecule has 0 aliphatic heterocycles. The number of carbonyl (C=O) groups excluding carboxylic acids is 2. The molecule has 0 aromatic rings. The zero-order valence-electron chi connectivity index (χ0n) is 12.9. The molecule has 4 N–H and O–H groups in total. The number of nitrogens with two attached hydrogens (primary N) is 2. The van der Waals surface area contributed by atoms with E-state index in [1.807, 2.05) is 0 Å². The van der Waals surface area contributed by atoms with Crippen LogP contribution >= 0.6 is 0 Å². The van der Waals surface area contributed by atoms with E-state index < -0.39 is 34.1 Å². The van der Waals surface area contributed by atoms with Gasteiger partial charge in [-0.2, -0.15) is 5.90 Å². The molecule has 0 radical (unpaired) electrons. The summed E-state index contributed by atoms with van der Waals surface area (Å²) >= 11 is 0. The fourth-order valence-electron chi connectivity index (χ4n) is 1.80. The van der Waals surface area contributed by atoms with Gasteiger partial charge in [0, 0.05) is 6.42 Å². The number of esters is 1. The van der Waals surface area contributed by atoms with Crippen LogP contribution in [0.1, 0.15) is 58.3 Å². The number of unbranched alkanes of at least 4 members (excludes halogenated alkanes) is 4. The first kappa shape index (κ1) is 25.7. The van der Waals surface area contributed by atoms with Crippen LogP contribution in [-0.2, 0) is 29.9 Å². The average Bonchev–Trinajstić information content (AvgIpc) is 2.50. The molecule has 23 heavy (non-hydrogen) atoms. The molecule has 0 aliphatic rings. The van der Waals surface area contributed by atoms with Gasteiger partial charge in [0.1, 0.15) is 6.04 Å². The fraction of sp³-hybridized carbons (Fsp3) is 0.846. The number of hydrogen-bond acceptors (Lipinski definition) is 8. The summed E-state index contributed by atoms with van der Waals surface area (Å²) in [6.07, 6.45) is 4.85. The molecule has 0 amide bonds. The van der Waals surface area contributed by atoms with Gasteiger partial charge in [-0.25, -0.2) is 8.42 Å². The van der Waals surface area contributed by atoms with Crippen LogP contribution in [0.5, 0.6) is 0 Å². The maximum atomic E-state index is 11.7. The van der Waals surface area contributed by atoms with Gasteiger partial charge in [0.2, 0.25) is 0 Å². The Kier molecular flexibility index (Phi) is 17.8. The zero-order chi connectivity index (χ0) is 17.0. The predicted molar refractivity (Wildman–Crippen MR) is 88.2 cm³/mol. The summed E-state index contributed by atoms with van der Waals surface area (Å²) in [6, 6.07) is -1.09. The molecular weight excluding hydrogens is 351 g/mol. The Labute approximate surface area is 181 Å². The summed E-state index contributed by atoms with van der Waals surface area (Å²) in [4.78, 5) is 26.5. The molecule has 0 fully saturated rings. The van der Waals surface area contributed by atoms with Gasteiger partial charge < -0.3 is 15.3 Å². The van der Waals surface area contributed by atoms with Crippen LogP contribution in [0, 0.1) is 0 Å². The van der Waals surface area contributed by atoms with Gasteiger partial charge in [0.25, 0.3) is 0 Å². The predicted octanol–water partition coefficient (Wildman–Crippen LogP) is -0.296. The third-order valence-electron chi connectivity index (χ3n) is 3.14. The van der Waals surface area contributed by atoms with E-state index >= 15 is 0 Å². The normalized spacial score (nSPS) is 13.0. The zero-order valence-corrected chi connectivity index (χ0v) is 13.8. The van der Waals surface area contributed by atoms with Gasteiger partial charge in [0.05, 0.1) is 0 Å². The van der Waals surface area contributed by atoms with Crippen molar-refractivity contribution in [2.45, 2.75) is 69.8 Å². The molecule has 132 valence electrons. The summed E-state index contributed by atoms with van der Waals surface area (Å²) in [5, 5.41) is 0. The Balaban J connectivity index is 0. The van der Waals surface area contributed by atoms with Crippen molar-refractivity contribution in [1.29, 1.82) is 0 Å². The molecule has 0 heterocycles. The van der Waals surface area contributed by atoms with E-state index in [9.17, 15) is 18.0 Å². The molecule has 2 atom stereocenters. The van der Waals surface area contributed by atoms with Crippen molar-refractivity contribution in [2.75, 3.05) is 0 Å². The summed E-state index contributed by atoms with van der Waals surface area (Å²) in [5.74, 6) is 3.11. The van der Waals surface area contributed by atoms with Crippen molar-refractivity contribution in [3.05, 3.63) is 0 Å². The second-order valence-electron chi connectivity index (χ2n) is 5.01. The first-order valence-electron chi connectivity index (χ1n) is 7.41. The molecule has 0 saturated heterocycles. The maximum absolute atomic E-state index is 11.7. The standard InChI is InChI=1S/C13H26N2O6S.K.H/c1-2-3-4-5-6-7-12(22(18)19)20-13(17)10(14)8-9-11(16)21-15;;/h10,12,22H,2-9,14-15H2,1H3;;/t10-,12?;;/m0../s1. The molecule has 0 aliphatic carbocycles. The van der Waals surface area contributed by atoms with E-state index in [1.165, 1.54) is 0 Å². The number of thiol groups is 1. The molecule has 0 saturated carbocycles. The Morgan fingerprint density at radius 1 is 1.09 bits per heavy atom. The van der Waals surface area contributed by atoms with Gasteiger partial charge in [-0.1, -0.05) is 32.6 Å². The van der Waals surface area contributed by atoms with Crippen molar-refractivity contribution in [1.82, 2.24) is 0 Å². The van der Waals surface area contributed by atoms with E-state index in [1.54, 1.807) is 0 Å². The first-order chi connectivity index (χ1) is 10.4. The monoisotopic (exact) mass is 378 g/mol. The third-order valence-corrected chi connectivity index (χ3v) is 3.97. The summed E-state index contributed by atoms with van der Waals surface area (Å²) < 4.78 is 27.1. The number of hydrogen-bond donors (Lipinski definition) is 3. The second-order valence-corrected chi connectivity index (χ2v) is 6.16. The van der Waals surface area contributed by atoms with Crippen LogP contribution in [0.25, 0.3) is 0 Å². The van der Waals surface area contributed by atoms with Crippen LogP contribution in [0.15, 0.2) is 0 Å². The molecule has 0 aromatic carbocycles. The van der Waals surface area contributed by atoms with Gasteiger partial charge in [0.15, 0.2) is 16.1 Å². The summed E-state index contributed by atoms with van der Waals surface area (Å²) in [6.45, 7) is 2.08. The third kappa shape index (κ3) is 13.4. The van der Waals surface area contributed by atoms with Gasteiger partial charge in [-0.3, -0.25) is 9.59 Å². The number of ether oxygens (including phenoxy) is 1. The van der Waals surface area contributed by atoms with Crippen molar-refractivity contribution in [3.8, 4) is 0 Å². The molecular formula is C13H27KN2O6S. The van der Waals surface area contributed by atoms with Crippen molar-refractivity contribution >= 4 is 74.0 Å². The molecule has 8 nitrogen and oxygen atoms in total. The molecule has 0 aromatic heterocycles. The molecule has 10 heteroatoms. The Morgan fingerprint density at radius 2 is 1.70 bits per heavy atom. The number of rotatable bonds is 12. The minimum absolute atomic E-state index is 0. The van der Waals surface area contributed by atoms with Crippen LogP contribution in [-0.4, -0.2) is 83.2 Å². The topological polar surface area (TPSA) is 139 Å². The molecule has 0 spiro atoms. The Bertz CT molecular complexity index is 411. The molecule has 0 bridgehead atoms. The number of carbonyl (C=O) groups is 2. The second kappa shape index (κ2) is 15.9. The summed E-state index contributed by atoms with van der Waals surface area (Å²) in [7, 11) is -2.88. The van der Waals surface area contributed by atoms with E-state index in [0.29, 0.717) is 6.42 Å². The van der Waals surface area contributed by atoms with E-state index in [4.69, 9.17) is 10.5 Å². The van der Waals surface area contributed by atoms with Crippen LogP contribution in [0.3, 0.4) is 0 Å². The minimum atomic E-state index is -2.88. The van der Waals surface area contributed by atoms with E-state index in [-0.39, 0.29) is 70.6 Å². The first-order valence-corrected chi connectivity index (χ1v) is 8.66. The van der Waals surface area contributed by atoms with Gasteiger partial charge in [-0.05, 0) is 19.3 Å². The Hall–Kier alpha value is 0.446. The van der Waals surface area contributed by atoms with Crippen LogP contribution < -0.4 is 11.6 Å². The quantitative estimate of drug-likeness (QED) is 0.138. The van der Waals surface area contributed by atoms with E-state index in [2.05, 4.69) is 17.7 Å². The SMILES string of the molecule is CCCCCCCC(OC(=O)[C@@H](N)CCC(=O)ON)[SH](=O)=O.[KH]. The van der Waals surface area contributed by atoms with Crippen molar-refractivity contribution < 1.29 is 27.6 Å². The van der Waals surface area contributed by atoms with Crippen molar-refractivity contribution in [3.63, 3.8) is 0 Å². The van der Waals surface area contributed by atoms with Crippen LogP contribution in [0.2, 0.25) is 0 Å². The van der Waals surface area contributed by atoms with Gasteiger partial charge in [-0.15, -0.1) is 0 Å². The molecule has 1 unspecified atom stereocenters. The summed E-state index contributed by atoms with van der Waals surface area (Å²) in [5.41, 5.74) is 4.37. The van der Waals surface area contributed by atoms with Crippen LogP contribution in [0.4, 0.5) is 0 Å². The average molecular weight is 379 g/mol. The van der Waals surface area contributed by atoms with Gasteiger partial charge >= 0.3 is 63.3 Å². The Morgan fingerprint density at radius 3 is 2.22 bits per heavy atom.